The Balaban J connectivity index is 2.57. The highest BCUT2D eigenvalue weighted by Gasteiger charge is 1.98. The first-order valence-electron chi connectivity index (χ1n) is 4.11. The SMILES string of the molecule is c1cc2cc3[nH]ccnc3cc2n1. The summed E-state index contributed by atoms with van der Waals surface area (Å²) in [5.41, 5.74) is 3.00. The molecule has 0 radical (unpaired) electrons. The van der Waals surface area contributed by atoms with Gasteiger partial charge in [0, 0.05) is 24.0 Å². The largest absolute Gasteiger partial charge is 0.358 e. The van der Waals surface area contributed by atoms with Crippen molar-refractivity contribution >= 4 is 21.9 Å². The number of aromatic amines is 1. The van der Waals surface area contributed by atoms with Crippen LogP contribution in [0.1, 0.15) is 0 Å². The zero-order valence-corrected chi connectivity index (χ0v) is 6.86. The molecular formula is C10H7N3. The minimum atomic E-state index is 0.953. The summed E-state index contributed by atoms with van der Waals surface area (Å²) in [5.74, 6) is 0. The fourth-order valence-electron chi connectivity index (χ4n) is 1.50. The highest BCUT2D eigenvalue weighted by molar-refractivity contribution is 5.92. The fraction of sp³-hybridized carbons (Fsp3) is 0. The van der Waals surface area contributed by atoms with Gasteiger partial charge in [0.15, 0.2) is 0 Å². The monoisotopic (exact) mass is 169 g/mol. The molecular weight excluding hydrogens is 162 g/mol. The first-order chi connectivity index (χ1) is 6.43. The number of hydrogen-bond donors (Lipinski definition) is 1. The van der Waals surface area contributed by atoms with Crippen LogP contribution in [0.4, 0.5) is 0 Å². The number of nitrogens with zero attached hydrogens (tertiary/aromatic N) is 2. The lowest BCUT2D eigenvalue weighted by Gasteiger charge is -1.96. The molecule has 0 amide bonds. The maximum Gasteiger partial charge on any atom is 0.0886 e. The summed E-state index contributed by atoms with van der Waals surface area (Å²) in [6.07, 6.45) is 5.38. The normalized spacial score (nSPS) is 11.1. The molecule has 2 aromatic heterocycles. The third kappa shape index (κ3) is 0.902. The molecule has 0 saturated carbocycles. The molecule has 0 aliphatic carbocycles. The standard InChI is InChI=1S/C10H7N3/c1-2-11-8-6-10-9(5-7(1)8)12-3-4-13-10/h1-6,12H. The minimum Gasteiger partial charge on any atom is -0.358 e. The number of aromatic nitrogens is 3. The Hall–Kier alpha value is -1.90. The predicted molar refractivity (Wildman–Crippen MR) is 51.4 cm³/mol. The van der Waals surface area contributed by atoms with Gasteiger partial charge in [-0.1, -0.05) is 0 Å². The molecule has 1 aromatic carbocycles. The molecule has 0 aliphatic heterocycles. The van der Waals surface area contributed by atoms with Crippen LogP contribution in [0.15, 0.2) is 36.8 Å². The van der Waals surface area contributed by atoms with Gasteiger partial charge in [0.25, 0.3) is 0 Å². The Bertz CT molecular complexity index is 519. The third-order valence-electron chi connectivity index (χ3n) is 2.14. The Morgan fingerprint density at radius 3 is 2.92 bits per heavy atom. The molecule has 0 fully saturated rings. The lowest BCUT2D eigenvalue weighted by molar-refractivity contribution is 1.30. The average molecular weight is 169 g/mol. The van der Waals surface area contributed by atoms with E-state index >= 15 is 0 Å². The van der Waals surface area contributed by atoms with Gasteiger partial charge in [-0.2, -0.15) is 0 Å². The zero-order chi connectivity index (χ0) is 8.67. The number of hydrogen-bond acceptors (Lipinski definition) is 2. The third-order valence-corrected chi connectivity index (χ3v) is 2.14. The summed E-state index contributed by atoms with van der Waals surface area (Å²) < 4.78 is 0. The van der Waals surface area contributed by atoms with Crippen LogP contribution in [0.2, 0.25) is 0 Å². The van der Waals surface area contributed by atoms with Gasteiger partial charge in [0.05, 0.1) is 16.6 Å². The molecule has 0 spiro atoms. The number of fused-ring (bicyclic) bond motifs is 2. The maximum absolute atomic E-state index is 4.24. The quantitative estimate of drug-likeness (QED) is 0.560. The summed E-state index contributed by atoms with van der Waals surface area (Å²) in [4.78, 5) is 11.6. The first-order valence-corrected chi connectivity index (χ1v) is 4.11. The molecule has 0 unspecified atom stereocenters. The Kier molecular flexibility index (Phi) is 1.16. The highest BCUT2D eigenvalue weighted by Crippen LogP contribution is 2.17. The lowest BCUT2D eigenvalue weighted by atomic mass is 10.2. The van der Waals surface area contributed by atoms with Crippen LogP contribution in [0.3, 0.4) is 0 Å². The molecule has 3 rings (SSSR count). The van der Waals surface area contributed by atoms with Crippen LogP contribution in [-0.4, -0.2) is 15.0 Å². The van der Waals surface area contributed by atoms with Crippen LogP contribution in [-0.2, 0) is 0 Å². The van der Waals surface area contributed by atoms with E-state index in [1.807, 2.05) is 24.5 Å². The van der Waals surface area contributed by atoms with Gasteiger partial charge in [-0.3, -0.25) is 9.97 Å². The Morgan fingerprint density at radius 2 is 1.92 bits per heavy atom. The summed E-state index contributed by atoms with van der Waals surface area (Å²) in [6, 6.07) is 6.04. The van der Waals surface area contributed by atoms with E-state index in [0.29, 0.717) is 0 Å². The molecule has 2 heterocycles. The van der Waals surface area contributed by atoms with Gasteiger partial charge >= 0.3 is 0 Å². The maximum atomic E-state index is 4.24. The van der Waals surface area contributed by atoms with E-state index in [1.165, 1.54) is 0 Å². The Labute approximate surface area is 74.4 Å². The van der Waals surface area contributed by atoms with Gasteiger partial charge < -0.3 is 4.98 Å². The number of H-pyrrole nitrogens is 1. The van der Waals surface area contributed by atoms with Gasteiger partial charge in [-0.25, -0.2) is 0 Å². The second-order valence-electron chi connectivity index (χ2n) is 2.96. The van der Waals surface area contributed by atoms with E-state index < -0.39 is 0 Å². The molecule has 0 atom stereocenters. The van der Waals surface area contributed by atoms with Crippen LogP contribution >= 0.6 is 0 Å². The van der Waals surface area contributed by atoms with Crippen molar-refractivity contribution < 1.29 is 0 Å². The fourth-order valence-corrected chi connectivity index (χ4v) is 1.50. The summed E-state index contributed by atoms with van der Waals surface area (Å²) in [6.45, 7) is 0. The van der Waals surface area contributed by atoms with Crippen molar-refractivity contribution in [3.63, 3.8) is 0 Å². The number of nitrogens with one attached hydrogen (secondary N) is 1. The van der Waals surface area contributed by atoms with Crippen LogP contribution in [0.5, 0.6) is 0 Å². The summed E-state index contributed by atoms with van der Waals surface area (Å²) in [5, 5.41) is 1.15. The first kappa shape index (κ1) is 6.60. The van der Waals surface area contributed by atoms with Crippen molar-refractivity contribution in [2.45, 2.75) is 0 Å². The molecule has 0 bridgehead atoms. The topological polar surface area (TPSA) is 41.6 Å². The zero-order valence-electron chi connectivity index (χ0n) is 6.86. The Morgan fingerprint density at radius 1 is 1.00 bits per heavy atom. The minimum absolute atomic E-state index is 0.953. The molecule has 3 heteroatoms. The molecule has 3 nitrogen and oxygen atoms in total. The van der Waals surface area contributed by atoms with E-state index in [-0.39, 0.29) is 0 Å². The molecule has 0 aliphatic rings. The smallest absolute Gasteiger partial charge is 0.0886 e. The van der Waals surface area contributed by atoms with Gasteiger partial charge in [-0.05, 0) is 18.2 Å². The summed E-state index contributed by atoms with van der Waals surface area (Å²) in [7, 11) is 0. The molecule has 1 N–H and O–H groups in total. The van der Waals surface area contributed by atoms with Crippen molar-refractivity contribution in [2.75, 3.05) is 0 Å². The molecule has 0 saturated heterocycles. The molecule has 3 aromatic rings. The van der Waals surface area contributed by atoms with Gasteiger partial charge in [0.2, 0.25) is 0 Å². The number of benzene rings is 1. The van der Waals surface area contributed by atoms with E-state index in [1.54, 1.807) is 6.20 Å². The van der Waals surface area contributed by atoms with Gasteiger partial charge in [-0.15, -0.1) is 0 Å². The van der Waals surface area contributed by atoms with E-state index in [0.717, 1.165) is 21.9 Å². The second-order valence-corrected chi connectivity index (χ2v) is 2.96. The summed E-state index contributed by atoms with van der Waals surface area (Å²) >= 11 is 0. The van der Waals surface area contributed by atoms with E-state index in [2.05, 4.69) is 21.0 Å². The van der Waals surface area contributed by atoms with Crippen molar-refractivity contribution in [3.8, 4) is 0 Å². The molecule has 13 heavy (non-hydrogen) atoms. The van der Waals surface area contributed by atoms with Crippen LogP contribution in [0.25, 0.3) is 21.9 Å². The lowest BCUT2D eigenvalue weighted by Crippen LogP contribution is -1.81. The van der Waals surface area contributed by atoms with Crippen molar-refractivity contribution in [1.82, 2.24) is 15.0 Å². The highest BCUT2D eigenvalue weighted by atomic mass is 14.8. The predicted octanol–water partition coefficient (Wildman–Crippen LogP) is 2.11. The van der Waals surface area contributed by atoms with Crippen LogP contribution in [0, 0.1) is 0 Å². The van der Waals surface area contributed by atoms with Crippen LogP contribution < -0.4 is 0 Å². The molecule has 62 valence electrons. The average Bonchev–Trinajstić information content (AvgIpc) is 2.61. The van der Waals surface area contributed by atoms with Gasteiger partial charge in [0.1, 0.15) is 0 Å². The second kappa shape index (κ2) is 2.29. The van der Waals surface area contributed by atoms with Crippen molar-refractivity contribution in [2.24, 2.45) is 0 Å². The van der Waals surface area contributed by atoms with E-state index in [4.69, 9.17) is 0 Å². The van der Waals surface area contributed by atoms with Crippen molar-refractivity contribution in [3.05, 3.63) is 36.8 Å². The van der Waals surface area contributed by atoms with Crippen molar-refractivity contribution in [1.29, 1.82) is 0 Å². The van der Waals surface area contributed by atoms with E-state index in [9.17, 15) is 0 Å². The number of rotatable bonds is 0.